The van der Waals surface area contributed by atoms with Crippen molar-refractivity contribution in [1.29, 1.82) is 0 Å². The van der Waals surface area contributed by atoms with E-state index in [-0.39, 0.29) is 18.3 Å². The lowest BCUT2D eigenvalue weighted by Gasteiger charge is -2.32. The van der Waals surface area contributed by atoms with Crippen molar-refractivity contribution in [3.63, 3.8) is 0 Å². The predicted octanol–water partition coefficient (Wildman–Crippen LogP) is 2.58. The van der Waals surface area contributed by atoms with Gasteiger partial charge in [-0.1, -0.05) is 24.0 Å². The molecule has 4 heteroatoms. The van der Waals surface area contributed by atoms with Gasteiger partial charge < -0.3 is 9.31 Å². The first-order valence-electron chi connectivity index (χ1n) is 6.36. The minimum absolute atomic E-state index is 0.311. The molecule has 0 N–H and O–H groups in total. The number of rotatable bonds is 1. The topological polar surface area (TPSA) is 18.5 Å². The van der Waals surface area contributed by atoms with Gasteiger partial charge in [0.05, 0.1) is 17.1 Å². The lowest BCUT2D eigenvalue weighted by molar-refractivity contribution is 0.00578. The number of halogens is 1. The molecule has 0 bridgehead atoms. The molecule has 1 aliphatic rings. The van der Waals surface area contributed by atoms with Crippen molar-refractivity contribution in [1.82, 2.24) is 0 Å². The van der Waals surface area contributed by atoms with Gasteiger partial charge in [0.1, 0.15) is 0 Å². The Morgan fingerprint density at radius 1 is 1.05 bits per heavy atom. The Morgan fingerprint density at radius 2 is 1.58 bits per heavy atom. The Bertz CT molecular complexity index is 495. The van der Waals surface area contributed by atoms with Gasteiger partial charge in [-0.15, -0.1) is 11.6 Å². The van der Waals surface area contributed by atoms with Crippen LogP contribution >= 0.6 is 11.6 Å². The summed E-state index contributed by atoms with van der Waals surface area (Å²) >= 11 is 5.54. The summed E-state index contributed by atoms with van der Waals surface area (Å²) in [5.41, 5.74) is 1.33. The molecule has 0 aliphatic carbocycles. The monoisotopic (exact) mass is 276 g/mol. The third kappa shape index (κ3) is 2.97. The van der Waals surface area contributed by atoms with Crippen molar-refractivity contribution in [3.05, 3.63) is 29.8 Å². The number of benzene rings is 1. The summed E-state index contributed by atoms with van der Waals surface area (Å²) in [6.45, 7) is 8.20. The van der Waals surface area contributed by atoms with Crippen LogP contribution in [0.3, 0.4) is 0 Å². The number of alkyl halides is 1. The molecular weight excluding hydrogens is 258 g/mol. The fourth-order valence-electron chi connectivity index (χ4n) is 1.84. The van der Waals surface area contributed by atoms with E-state index in [0.717, 1.165) is 11.0 Å². The molecule has 19 heavy (non-hydrogen) atoms. The van der Waals surface area contributed by atoms with Crippen molar-refractivity contribution in [3.8, 4) is 11.8 Å². The molecule has 2 nitrogen and oxygen atoms in total. The maximum Gasteiger partial charge on any atom is 0.494 e. The highest BCUT2D eigenvalue weighted by atomic mass is 35.5. The van der Waals surface area contributed by atoms with Gasteiger partial charge in [-0.05, 0) is 45.3 Å². The summed E-state index contributed by atoms with van der Waals surface area (Å²) in [7, 11) is -0.319. The zero-order valence-corrected chi connectivity index (χ0v) is 12.5. The van der Waals surface area contributed by atoms with Crippen LogP contribution in [-0.4, -0.2) is 24.2 Å². The second-order valence-electron chi connectivity index (χ2n) is 5.65. The van der Waals surface area contributed by atoms with Gasteiger partial charge in [0.25, 0.3) is 0 Å². The van der Waals surface area contributed by atoms with E-state index in [1.54, 1.807) is 0 Å². The zero-order chi connectivity index (χ0) is 14.1. The second kappa shape index (κ2) is 5.21. The molecule has 2 rings (SSSR count). The van der Waals surface area contributed by atoms with Crippen LogP contribution < -0.4 is 5.46 Å². The average Bonchev–Trinajstić information content (AvgIpc) is 2.56. The molecule has 0 spiro atoms. The lowest BCUT2D eigenvalue weighted by Crippen LogP contribution is -2.41. The van der Waals surface area contributed by atoms with Crippen LogP contribution in [0.1, 0.15) is 33.3 Å². The first-order chi connectivity index (χ1) is 8.86. The highest BCUT2D eigenvalue weighted by Gasteiger charge is 2.51. The highest BCUT2D eigenvalue weighted by Crippen LogP contribution is 2.36. The Balaban J connectivity index is 2.17. The summed E-state index contributed by atoms with van der Waals surface area (Å²) in [5.74, 6) is 6.16. The zero-order valence-electron chi connectivity index (χ0n) is 11.8. The normalized spacial score (nSPS) is 19.9. The molecule has 1 saturated heterocycles. The SMILES string of the molecule is CC1(C)OB(c2ccc(C#CCCl)cc2)OC1(C)C. The molecule has 1 aromatic rings. The first kappa shape index (κ1) is 14.5. The fraction of sp³-hybridized carbons (Fsp3) is 0.467. The highest BCUT2D eigenvalue weighted by molar-refractivity contribution is 6.62. The number of hydrogen-bond donors (Lipinski definition) is 0. The van der Waals surface area contributed by atoms with E-state index in [4.69, 9.17) is 20.9 Å². The van der Waals surface area contributed by atoms with Gasteiger partial charge in [0.2, 0.25) is 0 Å². The van der Waals surface area contributed by atoms with E-state index in [1.807, 2.05) is 52.0 Å². The van der Waals surface area contributed by atoms with Gasteiger partial charge in [0, 0.05) is 5.56 Å². The van der Waals surface area contributed by atoms with E-state index < -0.39 is 0 Å². The molecule has 1 aliphatic heterocycles. The third-order valence-corrected chi connectivity index (χ3v) is 3.87. The molecule has 0 unspecified atom stereocenters. The van der Waals surface area contributed by atoms with E-state index in [2.05, 4.69) is 11.8 Å². The van der Waals surface area contributed by atoms with Gasteiger partial charge in [-0.3, -0.25) is 0 Å². The second-order valence-corrected chi connectivity index (χ2v) is 5.91. The summed E-state index contributed by atoms with van der Waals surface area (Å²) in [4.78, 5) is 0. The molecule has 0 radical (unpaired) electrons. The molecule has 0 amide bonds. The Labute approximate surface area is 120 Å². The fourth-order valence-corrected chi connectivity index (χ4v) is 1.91. The van der Waals surface area contributed by atoms with Crippen molar-refractivity contribution in [2.24, 2.45) is 0 Å². The van der Waals surface area contributed by atoms with E-state index >= 15 is 0 Å². The lowest BCUT2D eigenvalue weighted by atomic mass is 9.79. The van der Waals surface area contributed by atoms with E-state index in [1.165, 1.54) is 0 Å². The molecule has 100 valence electrons. The quantitative estimate of drug-likeness (QED) is 0.446. The summed E-state index contributed by atoms with van der Waals surface area (Å²) in [5, 5.41) is 0. The van der Waals surface area contributed by atoms with E-state index in [9.17, 15) is 0 Å². The van der Waals surface area contributed by atoms with Crippen LogP contribution in [0.15, 0.2) is 24.3 Å². The Kier molecular flexibility index (Phi) is 3.96. The van der Waals surface area contributed by atoms with Crippen molar-refractivity contribution in [2.45, 2.75) is 38.9 Å². The summed E-state index contributed by atoms with van der Waals surface area (Å²) < 4.78 is 12.0. The van der Waals surface area contributed by atoms with Crippen LogP contribution in [0.25, 0.3) is 0 Å². The molecular formula is C15H18BClO2. The maximum atomic E-state index is 5.99. The average molecular weight is 277 g/mol. The molecule has 0 aromatic heterocycles. The molecule has 1 aromatic carbocycles. The van der Waals surface area contributed by atoms with Crippen molar-refractivity contribution >= 4 is 24.2 Å². The Morgan fingerprint density at radius 3 is 2.05 bits per heavy atom. The molecule has 0 saturated carbocycles. The van der Waals surface area contributed by atoms with Crippen LogP contribution in [0.5, 0.6) is 0 Å². The summed E-state index contributed by atoms with van der Waals surface area (Å²) in [6.07, 6.45) is 0. The molecule has 0 atom stereocenters. The summed E-state index contributed by atoms with van der Waals surface area (Å²) in [6, 6.07) is 7.89. The number of hydrogen-bond acceptors (Lipinski definition) is 2. The minimum Gasteiger partial charge on any atom is -0.399 e. The molecule has 1 fully saturated rings. The van der Waals surface area contributed by atoms with Crippen molar-refractivity contribution in [2.75, 3.05) is 5.88 Å². The van der Waals surface area contributed by atoms with Gasteiger partial charge >= 0.3 is 7.12 Å². The predicted molar refractivity (Wildman–Crippen MR) is 79.8 cm³/mol. The van der Waals surface area contributed by atoms with Gasteiger partial charge in [-0.25, -0.2) is 0 Å². The smallest absolute Gasteiger partial charge is 0.399 e. The van der Waals surface area contributed by atoms with E-state index in [0.29, 0.717) is 5.88 Å². The standard InChI is InChI=1S/C15H18BClO2/c1-14(2)15(3,4)19-16(18-14)13-9-7-12(8-10-13)6-5-11-17/h7-10H,11H2,1-4H3. The van der Waals surface area contributed by atoms with Crippen LogP contribution in [-0.2, 0) is 9.31 Å². The first-order valence-corrected chi connectivity index (χ1v) is 6.90. The van der Waals surface area contributed by atoms with Crippen LogP contribution in [0, 0.1) is 11.8 Å². The Hall–Kier alpha value is -0.945. The largest absolute Gasteiger partial charge is 0.494 e. The third-order valence-electron chi connectivity index (χ3n) is 3.74. The van der Waals surface area contributed by atoms with Crippen LogP contribution in [0.2, 0.25) is 0 Å². The minimum atomic E-state index is -0.319. The molecule has 1 heterocycles. The van der Waals surface area contributed by atoms with Gasteiger partial charge in [0.15, 0.2) is 0 Å². The maximum absolute atomic E-state index is 5.99. The van der Waals surface area contributed by atoms with Crippen LogP contribution in [0.4, 0.5) is 0 Å². The van der Waals surface area contributed by atoms with Crippen molar-refractivity contribution < 1.29 is 9.31 Å². The van der Waals surface area contributed by atoms with Gasteiger partial charge in [-0.2, -0.15) is 0 Å².